The number of carbonyl (C=O) groups is 5. The maximum atomic E-state index is 12.9. The maximum absolute atomic E-state index is 12.9. The minimum atomic E-state index is -1.35. The normalized spacial score (nSPS) is 14.6. The zero-order valence-electron chi connectivity index (χ0n) is 20.5. The van der Waals surface area contributed by atoms with Crippen LogP contribution in [-0.4, -0.2) is 68.8 Å². The van der Waals surface area contributed by atoms with E-state index in [2.05, 4.69) is 25.9 Å². The van der Waals surface area contributed by atoms with Gasteiger partial charge in [-0.05, 0) is 24.7 Å². The summed E-state index contributed by atoms with van der Waals surface area (Å²) < 4.78 is 0. The summed E-state index contributed by atoms with van der Waals surface area (Å²) >= 11 is 0. The van der Waals surface area contributed by atoms with E-state index < -0.39 is 60.2 Å². The highest BCUT2D eigenvalue weighted by Gasteiger charge is 2.31. The summed E-state index contributed by atoms with van der Waals surface area (Å²) in [6.07, 6.45) is 2.83. The first-order valence-corrected chi connectivity index (χ1v) is 11.4. The van der Waals surface area contributed by atoms with Gasteiger partial charge in [-0.2, -0.15) is 0 Å². The lowest BCUT2D eigenvalue weighted by atomic mass is 10.0. The predicted octanol–water partition coefficient (Wildman–Crippen LogP) is -1.21. The van der Waals surface area contributed by atoms with Crippen molar-refractivity contribution in [3.8, 4) is 0 Å². The first-order valence-electron chi connectivity index (χ1n) is 11.4. The third-order valence-corrected chi connectivity index (χ3v) is 5.03. The molecule has 4 amide bonds. The molecule has 0 spiro atoms. The van der Waals surface area contributed by atoms with Gasteiger partial charge in [0, 0.05) is 18.3 Å². The first-order chi connectivity index (χ1) is 16.3. The summed E-state index contributed by atoms with van der Waals surface area (Å²) in [5.41, 5.74) is 11.6. The van der Waals surface area contributed by atoms with Gasteiger partial charge in [-0.25, -0.2) is 9.78 Å². The van der Waals surface area contributed by atoms with Crippen molar-refractivity contribution in [3.05, 3.63) is 18.2 Å². The molecule has 13 heteroatoms. The average Bonchev–Trinajstić information content (AvgIpc) is 3.24. The Morgan fingerprint density at radius 1 is 0.914 bits per heavy atom. The molecule has 4 unspecified atom stereocenters. The number of hydrogen-bond donors (Lipinski definition) is 7. The highest BCUT2D eigenvalue weighted by atomic mass is 16.4. The van der Waals surface area contributed by atoms with Crippen LogP contribution in [0.2, 0.25) is 0 Å². The van der Waals surface area contributed by atoms with Crippen molar-refractivity contribution in [2.45, 2.75) is 77.5 Å². The molecular weight excluding hydrogens is 458 g/mol. The number of nitrogens with one attached hydrogen (secondary N) is 4. The van der Waals surface area contributed by atoms with Crippen LogP contribution in [0.25, 0.3) is 0 Å². The Hall–Kier alpha value is -3.48. The van der Waals surface area contributed by atoms with Crippen LogP contribution >= 0.6 is 0 Å². The van der Waals surface area contributed by atoms with Crippen molar-refractivity contribution >= 4 is 29.6 Å². The lowest BCUT2D eigenvalue weighted by Gasteiger charge is -2.26. The third-order valence-electron chi connectivity index (χ3n) is 5.03. The van der Waals surface area contributed by atoms with E-state index in [-0.39, 0.29) is 24.7 Å². The van der Waals surface area contributed by atoms with Gasteiger partial charge in [0.25, 0.3) is 0 Å². The van der Waals surface area contributed by atoms with E-state index in [0.717, 1.165) is 0 Å². The van der Waals surface area contributed by atoms with Gasteiger partial charge in [-0.15, -0.1) is 0 Å². The second-order valence-corrected chi connectivity index (χ2v) is 9.34. The molecule has 0 aliphatic heterocycles. The highest BCUT2D eigenvalue weighted by Crippen LogP contribution is 2.09. The number of nitrogens with two attached hydrogens (primary N) is 2. The van der Waals surface area contributed by atoms with E-state index in [9.17, 15) is 29.1 Å². The Morgan fingerprint density at radius 3 is 1.94 bits per heavy atom. The molecule has 1 heterocycles. The molecule has 1 aromatic rings. The van der Waals surface area contributed by atoms with Crippen LogP contribution in [0.1, 0.15) is 52.7 Å². The fraction of sp³-hybridized carbons (Fsp3) is 0.636. The number of H-pyrrole nitrogens is 1. The van der Waals surface area contributed by atoms with Crippen LogP contribution in [0.5, 0.6) is 0 Å². The van der Waals surface area contributed by atoms with E-state index in [0.29, 0.717) is 12.1 Å². The van der Waals surface area contributed by atoms with Crippen LogP contribution in [0.4, 0.5) is 0 Å². The Balaban J connectivity index is 2.98. The number of carboxylic acid groups (broad SMARTS) is 1. The molecule has 13 nitrogen and oxygen atoms in total. The molecule has 1 rings (SSSR count). The minimum absolute atomic E-state index is 0.0441. The second-order valence-electron chi connectivity index (χ2n) is 9.34. The van der Waals surface area contributed by atoms with E-state index in [1.165, 1.54) is 12.5 Å². The number of aromatic nitrogens is 2. The number of carboxylic acids is 1. The van der Waals surface area contributed by atoms with Gasteiger partial charge < -0.3 is 37.5 Å². The fourth-order valence-corrected chi connectivity index (χ4v) is 3.37. The molecule has 0 radical (unpaired) electrons. The number of imidazole rings is 1. The fourth-order valence-electron chi connectivity index (χ4n) is 3.37. The van der Waals surface area contributed by atoms with E-state index in [1.54, 1.807) is 0 Å². The lowest BCUT2D eigenvalue weighted by Crippen LogP contribution is -2.58. The number of rotatable bonds is 15. The molecular formula is C22H37N7O6. The zero-order valence-corrected chi connectivity index (χ0v) is 20.5. The standard InChI is InChI=1S/C22H37N7O6/c1-11(2)5-14(23)19(31)27-16(8-18(24)30)21(33)28-15(6-12(3)4)20(32)29-17(22(34)35)7-13-9-25-10-26-13/h9-12,14-17H,5-8,23H2,1-4H3,(H2,24,30)(H,25,26)(H,27,31)(H,28,33)(H,29,32)(H,34,35). The van der Waals surface area contributed by atoms with Crippen LogP contribution in [0.3, 0.4) is 0 Å². The van der Waals surface area contributed by atoms with Crippen molar-refractivity contribution in [2.75, 3.05) is 0 Å². The number of primary amides is 1. The van der Waals surface area contributed by atoms with Crippen molar-refractivity contribution in [2.24, 2.45) is 23.3 Å². The van der Waals surface area contributed by atoms with Gasteiger partial charge in [0.2, 0.25) is 23.6 Å². The van der Waals surface area contributed by atoms with Crippen molar-refractivity contribution in [1.29, 1.82) is 0 Å². The van der Waals surface area contributed by atoms with Gasteiger partial charge in [0.1, 0.15) is 18.1 Å². The summed E-state index contributed by atoms with van der Waals surface area (Å²) in [4.78, 5) is 68.1. The molecule has 0 aliphatic rings. The molecule has 0 bridgehead atoms. The molecule has 35 heavy (non-hydrogen) atoms. The molecule has 0 saturated carbocycles. The molecule has 0 aliphatic carbocycles. The number of aliphatic carboxylic acids is 1. The number of aromatic amines is 1. The Morgan fingerprint density at radius 2 is 1.46 bits per heavy atom. The van der Waals surface area contributed by atoms with Gasteiger partial charge >= 0.3 is 5.97 Å². The Kier molecular flexibility index (Phi) is 11.9. The van der Waals surface area contributed by atoms with Crippen molar-refractivity contribution in [3.63, 3.8) is 0 Å². The molecule has 0 saturated heterocycles. The molecule has 9 N–H and O–H groups in total. The number of hydrogen-bond acceptors (Lipinski definition) is 7. The molecule has 0 aromatic carbocycles. The van der Waals surface area contributed by atoms with Crippen LogP contribution in [0.15, 0.2) is 12.5 Å². The summed E-state index contributed by atoms with van der Waals surface area (Å²) in [5, 5.41) is 16.9. The summed E-state index contributed by atoms with van der Waals surface area (Å²) in [6, 6.07) is -4.64. The zero-order chi connectivity index (χ0) is 26.7. The van der Waals surface area contributed by atoms with E-state index in [4.69, 9.17) is 11.5 Å². The van der Waals surface area contributed by atoms with Crippen molar-refractivity contribution in [1.82, 2.24) is 25.9 Å². The quantitative estimate of drug-likeness (QED) is 0.156. The Labute approximate surface area is 204 Å². The summed E-state index contributed by atoms with van der Waals surface area (Å²) in [7, 11) is 0. The predicted molar refractivity (Wildman–Crippen MR) is 126 cm³/mol. The topological polar surface area (TPSA) is 222 Å². The third kappa shape index (κ3) is 11.0. The average molecular weight is 496 g/mol. The number of nitrogens with zero attached hydrogens (tertiary/aromatic N) is 1. The van der Waals surface area contributed by atoms with Crippen LogP contribution < -0.4 is 27.4 Å². The first kappa shape index (κ1) is 29.6. The molecule has 196 valence electrons. The monoisotopic (exact) mass is 495 g/mol. The minimum Gasteiger partial charge on any atom is -0.480 e. The smallest absolute Gasteiger partial charge is 0.326 e. The Bertz CT molecular complexity index is 872. The van der Waals surface area contributed by atoms with Crippen molar-refractivity contribution < 1.29 is 29.1 Å². The van der Waals surface area contributed by atoms with Gasteiger partial charge in [-0.1, -0.05) is 27.7 Å². The van der Waals surface area contributed by atoms with Crippen LogP contribution in [0, 0.1) is 11.8 Å². The largest absolute Gasteiger partial charge is 0.480 e. The van der Waals surface area contributed by atoms with Gasteiger partial charge in [-0.3, -0.25) is 19.2 Å². The van der Waals surface area contributed by atoms with E-state index in [1.807, 2.05) is 27.7 Å². The highest BCUT2D eigenvalue weighted by molar-refractivity contribution is 5.96. The summed E-state index contributed by atoms with van der Waals surface area (Å²) in [6.45, 7) is 7.40. The lowest BCUT2D eigenvalue weighted by molar-refractivity contribution is -0.142. The number of amides is 4. The van der Waals surface area contributed by atoms with Gasteiger partial charge in [0.05, 0.1) is 18.8 Å². The molecule has 4 atom stereocenters. The SMILES string of the molecule is CC(C)CC(N)C(=O)NC(CC(N)=O)C(=O)NC(CC(C)C)C(=O)NC(Cc1cnc[nH]1)C(=O)O. The van der Waals surface area contributed by atoms with Gasteiger partial charge in [0.15, 0.2) is 0 Å². The maximum Gasteiger partial charge on any atom is 0.326 e. The number of carbonyl (C=O) groups excluding carboxylic acids is 4. The summed E-state index contributed by atoms with van der Waals surface area (Å²) in [5.74, 6) is -4.18. The van der Waals surface area contributed by atoms with E-state index >= 15 is 0 Å². The second kappa shape index (κ2) is 14.0. The molecule has 1 aromatic heterocycles. The molecule has 0 fully saturated rings. The van der Waals surface area contributed by atoms with Crippen LogP contribution in [-0.2, 0) is 30.4 Å².